The van der Waals surface area contributed by atoms with Crippen LogP contribution >= 0.6 is 27.3 Å². The highest BCUT2D eigenvalue weighted by Crippen LogP contribution is 2.23. The van der Waals surface area contributed by atoms with Crippen LogP contribution in [0, 0.1) is 5.92 Å². The summed E-state index contributed by atoms with van der Waals surface area (Å²) in [4.78, 5) is 30.1. The van der Waals surface area contributed by atoms with Crippen LogP contribution in [0.4, 0.5) is 0 Å². The number of nitrogens with zero attached hydrogens (tertiary/aromatic N) is 2. The molecule has 0 spiro atoms. The number of thiazole rings is 1. The molecule has 1 saturated heterocycles. The van der Waals surface area contributed by atoms with E-state index in [2.05, 4.69) is 26.2 Å². The second kappa shape index (κ2) is 6.00. The fourth-order valence-electron chi connectivity index (χ4n) is 2.11. The van der Waals surface area contributed by atoms with Gasteiger partial charge in [0.1, 0.15) is 6.04 Å². The summed E-state index contributed by atoms with van der Waals surface area (Å²) in [5, 5.41) is 3.25. The molecule has 1 aromatic rings. The molecule has 1 fully saturated rings. The standard InChI is InChI=1S/C12H16BrN3O2S/c1-7(2)5-8-10(17)14-3-4-16(8)12(18)11-15-6-9(13)19-11/h6-8H,3-5H2,1-2H3,(H,14,17). The highest BCUT2D eigenvalue weighted by atomic mass is 79.9. The van der Waals surface area contributed by atoms with Crippen molar-refractivity contribution in [1.82, 2.24) is 15.2 Å². The van der Waals surface area contributed by atoms with Crippen LogP contribution in [-0.4, -0.2) is 40.8 Å². The quantitative estimate of drug-likeness (QED) is 0.909. The Morgan fingerprint density at radius 2 is 2.42 bits per heavy atom. The lowest BCUT2D eigenvalue weighted by atomic mass is 10.00. The largest absolute Gasteiger partial charge is 0.353 e. The van der Waals surface area contributed by atoms with Crippen molar-refractivity contribution in [2.75, 3.05) is 13.1 Å². The van der Waals surface area contributed by atoms with Gasteiger partial charge < -0.3 is 10.2 Å². The minimum absolute atomic E-state index is 0.0658. The first-order chi connectivity index (χ1) is 8.99. The summed E-state index contributed by atoms with van der Waals surface area (Å²) in [6.07, 6.45) is 2.28. The highest BCUT2D eigenvalue weighted by Gasteiger charge is 2.34. The molecule has 104 valence electrons. The van der Waals surface area contributed by atoms with Crippen molar-refractivity contribution in [2.24, 2.45) is 5.92 Å². The minimum atomic E-state index is -0.385. The molecule has 7 heteroatoms. The van der Waals surface area contributed by atoms with E-state index in [4.69, 9.17) is 0 Å². The maximum Gasteiger partial charge on any atom is 0.283 e. The van der Waals surface area contributed by atoms with Crippen molar-refractivity contribution >= 4 is 39.1 Å². The molecule has 1 aliphatic heterocycles. The topological polar surface area (TPSA) is 62.3 Å². The number of hydrogen-bond donors (Lipinski definition) is 1. The van der Waals surface area contributed by atoms with Crippen molar-refractivity contribution in [3.05, 3.63) is 15.0 Å². The van der Waals surface area contributed by atoms with Crippen molar-refractivity contribution in [1.29, 1.82) is 0 Å². The zero-order chi connectivity index (χ0) is 14.0. The van der Waals surface area contributed by atoms with Gasteiger partial charge in [-0.05, 0) is 28.3 Å². The molecule has 1 aliphatic rings. The number of nitrogens with one attached hydrogen (secondary N) is 1. The van der Waals surface area contributed by atoms with E-state index in [-0.39, 0.29) is 17.9 Å². The van der Waals surface area contributed by atoms with E-state index in [1.54, 1.807) is 11.1 Å². The van der Waals surface area contributed by atoms with Crippen LogP contribution in [0.15, 0.2) is 9.98 Å². The monoisotopic (exact) mass is 345 g/mol. The van der Waals surface area contributed by atoms with E-state index >= 15 is 0 Å². The highest BCUT2D eigenvalue weighted by molar-refractivity contribution is 9.11. The molecule has 1 unspecified atom stereocenters. The molecule has 19 heavy (non-hydrogen) atoms. The second-order valence-corrected chi connectivity index (χ2v) is 7.31. The first-order valence-corrected chi connectivity index (χ1v) is 7.80. The lowest BCUT2D eigenvalue weighted by molar-refractivity contribution is -0.128. The SMILES string of the molecule is CC(C)CC1C(=O)NCCN1C(=O)c1ncc(Br)s1. The molecular formula is C12H16BrN3O2S. The Bertz CT molecular complexity index is 489. The van der Waals surface area contributed by atoms with Gasteiger partial charge in [0.15, 0.2) is 5.01 Å². The number of rotatable bonds is 3. The molecule has 0 saturated carbocycles. The minimum Gasteiger partial charge on any atom is -0.353 e. The van der Waals surface area contributed by atoms with Gasteiger partial charge in [0, 0.05) is 13.1 Å². The van der Waals surface area contributed by atoms with Crippen LogP contribution < -0.4 is 5.32 Å². The maximum absolute atomic E-state index is 12.4. The number of carbonyl (C=O) groups excluding carboxylic acids is 2. The van der Waals surface area contributed by atoms with Gasteiger partial charge in [-0.3, -0.25) is 9.59 Å². The van der Waals surface area contributed by atoms with Gasteiger partial charge in [0.25, 0.3) is 5.91 Å². The third-order valence-corrected chi connectivity index (χ3v) is 4.41. The van der Waals surface area contributed by atoms with Gasteiger partial charge in [0.2, 0.25) is 5.91 Å². The van der Waals surface area contributed by atoms with E-state index in [0.717, 1.165) is 3.79 Å². The van der Waals surface area contributed by atoms with Crippen molar-refractivity contribution in [3.63, 3.8) is 0 Å². The molecule has 0 aliphatic carbocycles. The lowest BCUT2D eigenvalue weighted by Gasteiger charge is -2.35. The van der Waals surface area contributed by atoms with E-state index in [9.17, 15) is 9.59 Å². The Balaban J connectivity index is 2.19. The molecule has 1 atom stereocenters. The summed E-state index contributed by atoms with van der Waals surface area (Å²) in [6.45, 7) is 5.14. The summed E-state index contributed by atoms with van der Waals surface area (Å²) in [5.41, 5.74) is 0. The third-order valence-electron chi connectivity index (χ3n) is 2.95. The molecule has 5 nitrogen and oxygen atoms in total. The molecule has 2 rings (SSSR count). The van der Waals surface area contributed by atoms with Crippen molar-refractivity contribution in [3.8, 4) is 0 Å². The Morgan fingerprint density at radius 3 is 3.00 bits per heavy atom. The Morgan fingerprint density at radius 1 is 1.68 bits per heavy atom. The average Bonchev–Trinajstić information content (AvgIpc) is 2.77. The predicted molar refractivity (Wildman–Crippen MR) is 77.1 cm³/mol. The van der Waals surface area contributed by atoms with E-state index in [1.165, 1.54) is 11.3 Å². The van der Waals surface area contributed by atoms with Crippen LogP contribution in [0.25, 0.3) is 0 Å². The third kappa shape index (κ3) is 3.33. The van der Waals surface area contributed by atoms with Crippen LogP contribution in [0.2, 0.25) is 0 Å². The van der Waals surface area contributed by atoms with Crippen LogP contribution in [0.1, 0.15) is 30.1 Å². The fourth-order valence-corrected chi connectivity index (χ4v) is 3.28. The summed E-state index contributed by atoms with van der Waals surface area (Å²) in [7, 11) is 0. The average molecular weight is 346 g/mol. The molecule has 2 heterocycles. The number of carbonyl (C=O) groups is 2. The summed E-state index contributed by atoms with van der Waals surface area (Å²) in [6, 6.07) is -0.385. The molecule has 1 aromatic heterocycles. The molecule has 0 radical (unpaired) electrons. The first kappa shape index (κ1) is 14.5. The Hall–Kier alpha value is -0.950. The van der Waals surface area contributed by atoms with Gasteiger partial charge in [-0.2, -0.15) is 0 Å². The number of halogens is 1. The maximum atomic E-state index is 12.4. The molecule has 1 N–H and O–H groups in total. The number of hydrogen-bond acceptors (Lipinski definition) is 4. The number of amides is 2. The van der Waals surface area contributed by atoms with Crippen molar-refractivity contribution in [2.45, 2.75) is 26.3 Å². The first-order valence-electron chi connectivity index (χ1n) is 6.19. The van der Waals surface area contributed by atoms with E-state index in [0.29, 0.717) is 30.4 Å². The van der Waals surface area contributed by atoms with Gasteiger partial charge in [-0.25, -0.2) is 4.98 Å². The molecule has 0 aromatic carbocycles. The normalized spacial score (nSPS) is 19.7. The molecular weight excluding hydrogens is 330 g/mol. The molecule has 2 amide bonds. The number of piperazine rings is 1. The van der Waals surface area contributed by atoms with E-state index in [1.807, 2.05) is 13.8 Å². The Kier molecular flexibility index (Phi) is 4.57. The predicted octanol–water partition coefficient (Wildman–Crippen LogP) is 1.89. The van der Waals surface area contributed by atoms with E-state index < -0.39 is 0 Å². The lowest BCUT2D eigenvalue weighted by Crippen LogP contribution is -2.57. The smallest absolute Gasteiger partial charge is 0.283 e. The van der Waals surface area contributed by atoms with Crippen LogP contribution in [-0.2, 0) is 4.79 Å². The zero-order valence-corrected chi connectivity index (χ0v) is 13.3. The Labute approximate surface area is 124 Å². The van der Waals surface area contributed by atoms with Gasteiger partial charge >= 0.3 is 0 Å². The van der Waals surface area contributed by atoms with Crippen LogP contribution in [0.3, 0.4) is 0 Å². The second-order valence-electron chi connectivity index (χ2n) is 4.90. The van der Waals surface area contributed by atoms with Gasteiger partial charge in [0.05, 0.1) is 9.98 Å². The zero-order valence-electron chi connectivity index (χ0n) is 10.9. The van der Waals surface area contributed by atoms with Gasteiger partial charge in [-0.1, -0.05) is 13.8 Å². The summed E-state index contributed by atoms with van der Waals surface area (Å²) >= 11 is 4.59. The fraction of sp³-hybridized carbons (Fsp3) is 0.583. The van der Waals surface area contributed by atoms with Gasteiger partial charge in [-0.15, -0.1) is 11.3 Å². The molecule has 0 bridgehead atoms. The number of aromatic nitrogens is 1. The summed E-state index contributed by atoms with van der Waals surface area (Å²) in [5.74, 6) is 0.132. The summed E-state index contributed by atoms with van der Waals surface area (Å²) < 4.78 is 0.817. The van der Waals surface area contributed by atoms with Crippen molar-refractivity contribution < 1.29 is 9.59 Å². The van der Waals surface area contributed by atoms with Crippen LogP contribution in [0.5, 0.6) is 0 Å².